The van der Waals surface area contributed by atoms with Crippen molar-refractivity contribution in [3.8, 4) is 0 Å². The Bertz CT molecular complexity index is 465. The zero-order valence-electron chi connectivity index (χ0n) is 15.5. The van der Waals surface area contributed by atoms with E-state index in [1.807, 2.05) is 6.07 Å². The molecule has 0 aromatic carbocycles. The van der Waals surface area contributed by atoms with Gasteiger partial charge in [0, 0.05) is 46.5 Å². The fourth-order valence-corrected chi connectivity index (χ4v) is 2.03. The van der Waals surface area contributed by atoms with Crippen molar-refractivity contribution >= 4 is 29.9 Å². The van der Waals surface area contributed by atoms with Gasteiger partial charge >= 0.3 is 0 Å². The normalized spacial score (nSPS) is 11.7. The van der Waals surface area contributed by atoms with Crippen LogP contribution in [0, 0.1) is 0 Å². The first-order chi connectivity index (χ1) is 11.1. The second-order valence-corrected chi connectivity index (χ2v) is 5.87. The van der Waals surface area contributed by atoms with Gasteiger partial charge in [-0.1, -0.05) is 19.0 Å². The fraction of sp³-hybridized carbons (Fsp3) is 0.750. The molecule has 1 rings (SSSR count). The van der Waals surface area contributed by atoms with E-state index in [9.17, 15) is 0 Å². The molecule has 0 unspecified atom stereocenters. The third kappa shape index (κ3) is 9.43. The molecule has 1 aromatic rings. The Morgan fingerprint density at radius 1 is 1.38 bits per heavy atom. The standard InChI is InChI=1S/C16H31N5O2.HI/c1-13(2)15-11-14(23-20-15)12-19-16(17-3)18-7-9-21(4)8-6-10-22-5;/h11,13H,6-10,12H2,1-5H3,(H2,17,18,19);1H. The highest BCUT2D eigenvalue weighted by atomic mass is 127. The summed E-state index contributed by atoms with van der Waals surface area (Å²) >= 11 is 0. The largest absolute Gasteiger partial charge is 0.385 e. The van der Waals surface area contributed by atoms with Crippen molar-refractivity contribution in [2.75, 3.05) is 47.4 Å². The number of hydrogen-bond acceptors (Lipinski definition) is 5. The topological polar surface area (TPSA) is 74.9 Å². The summed E-state index contributed by atoms with van der Waals surface area (Å²) in [5.74, 6) is 1.95. The number of aliphatic imine (C=N–C) groups is 1. The third-order valence-electron chi connectivity index (χ3n) is 3.50. The van der Waals surface area contributed by atoms with Gasteiger partial charge in [-0.15, -0.1) is 24.0 Å². The van der Waals surface area contributed by atoms with E-state index < -0.39 is 0 Å². The molecule has 0 aliphatic heterocycles. The van der Waals surface area contributed by atoms with Gasteiger partial charge in [-0.05, 0) is 19.4 Å². The first-order valence-electron chi connectivity index (χ1n) is 8.14. The monoisotopic (exact) mass is 453 g/mol. The molecule has 0 fully saturated rings. The van der Waals surface area contributed by atoms with Crippen molar-refractivity contribution in [2.24, 2.45) is 4.99 Å². The van der Waals surface area contributed by atoms with Crippen molar-refractivity contribution in [3.63, 3.8) is 0 Å². The molecule has 8 heteroatoms. The number of hydrogen-bond donors (Lipinski definition) is 2. The summed E-state index contributed by atoms with van der Waals surface area (Å²) in [4.78, 5) is 6.48. The number of nitrogens with one attached hydrogen (secondary N) is 2. The number of methoxy groups -OCH3 is 1. The van der Waals surface area contributed by atoms with Crippen molar-refractivity contribution in [1.29, 1.82) is 0 Å². The average molecular weight is 453 g/mol. The van der Waals surface area contributed by atoms with E-state index in [0.29, 0.717) is 12.5 Å². The van der Waals surface area contributed by atoms with Crippen LogP contribution in [0.15, 0.2) is 15.6 Å². The highest BCUT2D eigenvalue weighted by Crippen LogP contribution is 2.13. The lowest BCUT2D eigenvalue weighted by Crippen LogP contribution is -2.40. The highest BCUT2D eigenvalue weighted by molar-refractivity contribution is 14.0. The third-order valence-corrected chi connectivity index (χ3v) is 3.50. The van der Waals surface area contributed by atoms with Crippen LogP contribution < -0.4 is 10.6 Å². The van der Waals surface area contributed by atoms with Gasteiger partial charge in [-0.2, -0.15) is 0 Å². The van der Waals surface area contributed by atoms with Crippen LogP contribution in [-0.4, -0.2) is 63.5 Å². The van der Waals surface area contributed by atoms with Crippen LogP contribution in [0.25, 0.3) is 0 Å². The molecule has 0 radical (unpaired) electrons. The van der Waals surface area contributed by atoms with Gasteiger partial charge in [-0.25, -0.2) is 0 Å². The quantitative estimate of drug-likeness (QED) is 0.245. The number of aromatic nitrogens is 1. The molecular formula is C16H32IN5O2. The molecule has 0 spiro atoms. The zero-order valence-corrected chi connectivity index (χ0v) is 17.8. The Kier molecular flexibility index (Phi) is 12.9. The van der Waals surface area contributed by atoms with E-state index in [-0.39, 0.29) is 24.0 Å². The molecule has 0 aliphatic rings. The smallest absolute Gasteiger partial charge is 0.191 e. The maximum absolute atomic E-state index is 5.30. The number of rotatable bonds is 10. The van der Waals surface area contributed by atoms with E-state index >= 15 is 0 Å². The van der Waals surface area contributed by atoms with E-state index in [0.717, 1.165) is 50.1 Å². The van der Waals surface area contributed by atoms with Gasteiger partial charge in [0.25, 0.3) is 0 Å². The van der Waals surface area contributed by atoms with Crippen molar-refractivity contribution < 1.29 is 9.26 Å². The molecule has 1 aromatic heterocycles. The van der Waals surface area contributed by atoms with Crippen LogP contribution in [0.4, 0.5) is 0 Å². The SMILES string of the molecule is CN=C(NCCN(C)CCCOC)NCc1cc(C(C)C)no1.I. The average Bonchev–Trinajstić information content (AvgIpc) is 3.00. The molecule has 140 valence electrons. The zero-order chi connectivity index (χ0) is 17.1. The van der Waals surface area contributed by atoms with Gasteiger partial charge in [0.2, 0.25) is 0 Å². The number of likely N-dealkylation sites (N-methyl/N-ethyl adjacent to an activating group) is 1. The predicted molar refractivity (Wildman–Crippen MR) is 108 cm³/mol. The van der Waals surface area contributed by atoms with Crippen molar-refractivity contribution in [3.05, 3.63) is 17.5 Å². The molecule has 0 amide bonds. The summed E-state index contributed by atoms with van der Waals surface area (Å²) < 4.78 is 10.4. The van der Waals surface area contributed by atoms with E-state index in [4.69, 9.17) is 9.26 Å². The van der Waals surface area contributed by atoms with Crippen LogP contribution >= 0.6 is 24.0 Å². The maximum Gasteiger partial charge on any atom is 0.191 e. The van der Waals surface area contributed by atoms with E-state index in [1.54, 1.807) is 14.2 Å². The number of guanidine groups is 1. The predicted octanol–water partition coefficient (Wildman–Crippen LogP) is 2.05. The number of nitrogens with zero attached hydrogens (tertiary/aromatic N) is 3. The van der Waals surface area contributed by atoms with Crippen LogP contribution in [-0.2, 0) is 11.3 Å². The highest BCUT2D eigenvalue weighted by Gasteiger charge is 2.08. The minimum Gasteiger partial charge on any atom is -0.385 e. The van der Waals surface area contributed by atoms with Crippen molar-refractivity contribution in [2.45, 2.75) is 32.7 Å². The summed E-state index contributed by atoms with van der Waals surface area (Å²) in [7, 11) is 5.60. The summed E-state index contributed by atoms with van der Waals surface area (Å²) in [6, 6.07) is 1.98. The summed E-state index contributed by atoms with van der Waals surface area (Å²) in [5.41, 5.74) is 0.974. The van der Waals surface area contributed by atoms with Gasteiger partial charge in [0.1, 0.15) is 0 Å². The lowest BCUT2D eigenvalue weighted by Gasteiger charge is -2.17. The summed E-state index contributed by atoms with van der Waals surface area (Å²) in [6.07, 6.45) is 1.05. The van der Waals surface area contributed by atoms with Crippen LogP contribution in [0.3, 0.4) is 0 Å². The number of ether oxygens (including phenoxy) is 1. The molecule has 0 atom stereocenters. The Labute approximate surface area is 162 Å². The molecule has 0 aliphatic carbocycles. The second kappa shape index (κ2) is 13.4. The number of halogens is 1. The molecule has 2 N–H and O–H groups in total. The second-order valence-electron chi connectivity index (χ2n) is 5.87. The van der Waals surface area contributed by atoms with E-state index in [2.05, 4.69) is 46.6 Å². The molecule has 7 nitrogen and oxygen atoms in total. The molecule has 0 saturated heterocycles. The van der Waals surface area contributed by atoms with Gasteiger partial charge in [-0.3, -0.25) is 4.99 Å². The summed E-state index contributed by atoms with van der Waals surface area (Å²) in [5, 5.41) is 10.6. The summed E-state index contributed by atoms with van der Waals surface area (Å²) in [6.45, 7) is 8.37. The van der Waals surface area contributed by atoms with Crippen LogP contribution in [0.5, 0.6) is 0 Å². The molecule has 0 saturated carbocycles. The molecule has 24 heavy (non-hydrogen) atoms. The lowest BCUT2D eigenvalue weighted by atomic mass is 10.1. The first kappa shape index (κ1) is 23.1. The van der Waals surface area contributed by atoms with Gasteiger partial charge in [0.05, 0.1) is 12.2 Å². The maximum atomic E-state index is 5.30. The molecular weight excluding hydrogens is 421 g/mol. The van der Waals surface area contributed by atoms with Gasteiger partial charge < -0.3 is 24.8 Å². The Morgan fingerprint density at radius 2 is 2.12 bits per heavy atom. The van der Waals surface area contributed by atoms with Crippen LogP contribution in [0.1, 0.15) is 37.6 Å². The lowest BCUT2D eigenvalue weighted by molar-refractivity contribution is 0.180. The first-order valence-corrected chi connectivity index (χ1v) is 8.14. The Morgan fingerprint density at radius 3 is 2.71 bits per heavy atom. The minimum absolute atomic E-state index is 0. The Hall–Kier alpha value is -0.870. The molecule has 0 bridgehead atoms. The van der Waals surface area contributed by atoms with Crippen molar-refractivity contribution in [1.82, 2.24) is 20.7 Å². The van der Waals surface area contributed by atoms with Crippen LogP contribution in [0.2, 0.25) is 0 Å². The minimum atomic E-state index is 0. The molecule has 1 heterocycles. The fourth-order valence-electron chi connectivity index (χ4n) is 2.03. The Balaban J connectivity index is 0.00000529. The van der Waals surface area contributed by atoms with E-state index in [1.165, 1.54) is 0 Å². The van der Waals surface area contributed by atoms with Gasteiger partial charge in [0.15, 0.2) is 11.7 Å².